The van der Waals surface area contributed by atoms with Crippen LogP contribution in [-0.2, 0) is 6.54 Å². The van der Waals surface area contributed by atoms with E-state index in [4.69, 9.17) is 15.2 Å². The van der Waals surface area contributed by atoms with Crippen LogP contribution in [0.25, 0.3) is 0 Å². The van der Waals surface area contributed by atoms with E-state index in [-0.39, 0.29) is 24.0 Å². The maximum atomic E-state index is 6.03. The number of aliphatic imine (C=N–C) groups is 1. The van der Waals surface area contributed by atoms with Crippen LogP contribution in [0.15, 0.2) is 53.5 Å². The average Bonchev–Trinajstić information content (AvgIpc) is 2.75. The maximum absolute atomic E-state index is 6.03. The quantitative estimate of drug-likeness (QED) is 0.314. The van der Waals surface area contributed by atoms with Crippen LogP contribution < -0.4 is 20.5 Å². The van der Waals surface area contributed by atoms with Gasteiger partial charge in [0.2, 0.25) is 0 Å². The summed E-state index contributed by atoms with van der Waals surface area (Å²) in [6, 6.07) is 16.2. The molecule has 7 nitrogen and oxygen atoms in total. The Kier molecular flexibility index (Phi) is 10.2. The summed E-state index contributed by atoms with van der Waals surface area (Å²) in [5.41, 5.74) is 8.22. The molecule has 30 heavy (non-hydrogen) atoms. The first kappa shape index (κ1) is 24.2. The van der Waals surface area contributed by atoms with Crippen molar-refractivity contribution in [3.63, 3.8) is 0 Å². The Balaban J connectivity index is 0.00000320. The van der Waals surface area contributed by atoms with Crippen molar-refractivity contribution >= 4 is 35.6 Å². The van der Waals surface area contributed by atoms with Crippen molar-refractivity contribution < 1.29 is 9.47 Å². The number of nitrogens with two attached hydrogens (primary N) is 1. The lowest BCUT2D eigenvalue weighted by Crippen LogP contribution is -2.46. The Morgan fingerprint density at radius 1 is 0.967 bits per heavy atom. The molecule has 3 N–H and O–H groups in total. The van der Waals surface area contributed by atoms with Crippen LogP contribution in [0, 0.1) is 0 Å². The highest BCUT2D eigenvalue weighted by Gasteiger charge is 2.16. The van der Waals surface area contributed by atoms with E-state index in [1.165, 1.54) is 5.56 Å². The van der Waals surface area contributed by atoms with E-state index in [2.05, 4.69) is 50.4 Å². The van der Waals surface area contributed by atoms with Gasteiger partial charge < -0.3 is 20.5 Å². The topological polar surface area (TPSA) is 75.4 Å². The van der Waals surface area contributed by atoms with Gasteiger partial charge in [-0.15, -0.1) is 24.0 Å². The smallest absolute Gasteiger partial charge is 0.193 e. The van der Waals surface area contributed by atoms with Gasteiger partial charge in [0.1, 0.15) is 0 Å². The molecule has 0 amide bonds. The van der Waals surface area contributed by atoms with Gasteiger partial charge in [0, 0.05) is 51.0 Å². The van der Waals surface area contributed by atoms with Crippen LogP contribution in [0.3, 0.4) is 0 Å². The number of guanidine groups is 1. The van der Waals surface area contributed by atoms with Crippen molar-refractivity contribution in [3.8, 4) is 11.5 Å². The Morgan fingerprint density at radius 3 is 2.30 bits per heavy atom. The number of halogens is 1. The molecule has 1 fully saturated rings. The summed E-state index contributed by atoms with van der Waals surface area (Å²) in [6.45, 7) is 6.89. The standard InChI is InChI=1S/C22H31N5O2.HI/c1-28-20-9-8-19(16-21(20)29-2)25-22(23)24-10-11-26-12-14-27(15-13-26)17-18-6-4-3-5-7-18;/h3-9,16H,10-15,17H2,1-2H3,(H3,23,24,25);1H. The van der Waals surface area contributed by atoms with Crippen LogP contribution in [0.5, 0.6) is 11.5 Å². The fraction of sp³-hybridized carbons (Fsp3) is 0.409. The van der Waals surface area contributed by atoms with E-state index in [0.717, 1.165) is 45.0 Å². The van der Waals surface area contributed by atoms with Crippen molar-refractivity contribution in [2.45, 2.75) is 6.54 Å². The number of piperazine rings is 1. The van der Waals surface area contributed by atoms with Gasteiger partial charge in [0.15, 0.2) is 17.5 Å². The normalized spacial score (nSPS) is 15.3. The van der Waals surface area contributed by atoms with E-state index in [1.807, 2.05) is 18.2 Å². The van der Waals surface area contributed by atoms with Gasteiger partial charge >= 0.3 is 0 Å². The highest BCUT2D eigenvalue weighted by atomic mass is 127. The molecule has 164 valence electrons. The second kappa shape index (κ2) is 12.6. The summed E-state index contributed by atoms with van der Waals surface area (Å²) in [7, 11) is 3.22. The summed E-state index contributed by atoms with van der Waals surface area (Å²) < 4.78 is 10.6. The molecule has 1 aliphatic rings. The van der Waals surface area contributed by atoms with Gasteiger partial charge in [-0.05, 0) is 17.7 Å². The minimum atomic E-state index is 0. The molecule has 1 saturated heterocycles. The number of anilines is 1. The number of nitrogens with one attached hydrogen (secondary N) is 1. The van der Waals surface area contributed by atoms with Gasteiger partial charge in [-0.3, -0.25) is 14.8 Å². The number of hydrogen-bond donors (Lipinski definition) is 2. The number of hydrogen-bond acceptors (Lipinski definition) is 5. The molecule has 0 aromatic heterocycles. The van der Waals surface area contributed by atoms with Gasteiger partial charge in [-0.2, -0.15) is 0 Å². The van der Waals surface area contributed by atoms with E-state index < -0.39 is 0 Å². The zero-order valence-corrected chi connectivity index (χ0v) is 20.0. The van der Waals surface area contributed by atoms with Gasteiger partial charge in [0.05, 0.1) is 20.8 Å². The molecule has 1 aliphatic heterocycles. The minimum Gasteiger partial charge on any atom is -0.493 e. The third-order valence-corrected chi connectivity index (χ3v) is 5.07. The summed E-state index contributed by atoms with van der Waals surface area (Å²) in [6.07, 6.45) is 0. The van der Waals surface area contributed by atoms with Gasteiger partial charge in [0.25, 0.3) is 0 Å². The molecule has 8 heteroatoms. The van der Waals surface area contributed by atoms with Crippen LogP contribution in [0.4, 0.5) is 5.69 Å². The van der Waals surface area contributed by atoms with Crippen molar-refractivity contribution in [1.82, 2.24) is 9.80 Å². The lowest BCUT2D eigenvalue weighted by atomic mass is 10.2. The largest absolute Gasteiger partial charge is 0.493 e. The molecular weight excluding hydrogens is 493 g/mol. The number of rotatable bonds is 8. The number of benzene rings is 2. The Bertz CT molecular complexity index is 795. The number of methoxy groups -OCH3 is 2. The van der Waals surface area contributed by atoms with Gasteiger partial charge in [-0.1, -0.05) is 30.3 Å². The zero-order chi connectivity index (χ0) is 20.5. The first-order valence-corrected chi connectivity index (χ1v) is 9.95. The SMILES string of the molecule is COc1ccc(NC(N)=NCCN2CCN(Cc3ccccc3)CC2)cc1OC.I. The van der Waals surface area contributed by atoms with Crippen LogP contribution in [-0.4, -0.2) is 69.2 Å². The zero-order valence-electron chi connectivity index (χ0n) is 17.7. The highest BCUT2D eigenvalue weighted by molar-refractivity contribution is 14.0. The van der Waals surface area contributed by atoms with E-state index in [9.17, 15) is 0 Å². The highest BCUT2D eigenvalue weighted by Crippen LogP contribution is 2.29. The van der Waals surface area contributed by atoms with Crippen LogP contribution >= 0.6 is 24.0 Å². The molecule has 2 aromatic rings. The predicted octanol–water partition coefficient (Wildman–Crippen LogP) is 2.87. The van der Waals surface area contributed by atoms with E-state index in [0.29, 0.717) is 24.0 Å². The monoisotopic (exact) mass is 525 g/mol. The molecular formula is C22H32IN5O2. The molecule has 0 saturated carbocycles. The van der Waals surface area contributed by atoms with Crippen molar-refractivity contribution in [1.29, 1.82) is 0 Å². The molecule has 0 radical (unpaired) electrons. The first-order valence-electron chi connectivity index (χ1n) is 9.95. The molecule has 1 heterocycles. The molecule has 0 atom stereocenters. The van der Waals surface area contributed by atoms with Gasteiger partial charge in [-0.25, -0.2) is 0 Å². The van der Waals surface area contributed by atoms with Crippen molar-refractivity contribution in [2.24, 2.45) is 10.7 Å². The number of ether oxygens (including phenoxy) is 2. The first-order chi connectivity index (χ1) is 14.2. The van der Waals surface area contributed by atoms with E-state index >= 15 is 0 Å². The Labute approximate surface area is 196 Å². The fourth-order valence-corrected chi connectivity index (χ4v) is 3.43. The molecule has 2 aromatic carbocycles. The third kappa shape index (κ3) is 7.33. The average molecular weight is 525 g/mol. The molecule has 3 rings (SSSR count). The summed E-state index contributed by atoms with van der Waals surface area (Å²) in [5.74, 6) is 1.73. The molecule has 0 aliphatic carbocycles. The lowest BCUT2D eigenvalue weighted by Gasteiger charge is -2.34. The Hall–Kier alpha value is -2.04. The Morgan fingerprint density at radius 2 is 1.63 bits per heavy atom. The second-order valence-electron chi connectivity index (χ2n) is 7.07. The maximum Gasteiger partial charge on any atom is 0.193 e. The fourth-order valence-electron chi connectivity index (χ4n) is 3.43. The van der Waals surface area contributed by atoms with E-state index in [1.54, 1.807) is 14.2 Å². The molecule has 0 spiro atoms. The van der Waals surface area contributed by atoms with Crippen LogP contribution in [0.1, 0.15) is 5.56 Å². The minimum absolute atomic E-state index is 0. The number of nitrogens with zero attached hydrogens (tertiary/aromatic N) is 3. The van der Waals surface area contributed by atoms with Crippen molar-refractivity contribution in [3.05, 3.63) is 54.1 Å². The summed E-state index contributed by atoms with van der Waals surface area (Å²) >= 11 is 0. The summed E-state index contributed by atoms with van der Waals surface area (Å²) in [4.78, 5) is 9.40. The molecule has 0 unspecified atom stereocenters. The lowest BCUT2D eigenvalue weighted by molar-refractivity contribution is 0.130. The third-order valence-electron chi connectivity index (χ3n) is 5.07. The summed E-state index contributed by atoms with van der Waals surface area (Å²) in [5, 5.41) is 3.11. The van der Waals surface area contributed by atoms with Crippen LogP contribution in [0.2, 0.25) is 0 Å². The molecule has 0 bridgehead atoms. The second-order valence-corrected chi connectivity index (χ2v) is 7.07. The van der Waals surface area contributed by atoms with Crippen molar-refractivity contribution in [2.75, 3.05) is 58.8 Å². The predicted molar refractivity (Wildman–Crippen MR) is 133 cm³/mol.